The van der Waals surface area contributed by atoms with Crippen molar-refractivity contribution in [1.82, 2.24) is 0 Å². The first-order valence-corrected chi connectivity index (χ1v) is 12.4. The zero-order valence-electron chi connectivity index (χ0n) is 18.1. The second kappa shape index (κ2) is 7.39. The lowest BCUT2D eigenvalue weighted by atomic mass is 9.79. The van der Waals surface area contributed by atoms with Crippen molar-refractivity contribution in [1.29, 1.82) is 0 Å². The minimum atomic E-state index is -0.672. The fourth-order valence-electron chi connectivity index (χ4n) is 5.93. The lowest BCUT2D eigenvalue weighted by Crippen LogP contribution is -2.55. The number of ether oxygens (including phenoxy) is 2. The number of hydrogen-bond acceptors (Lipinski definition) is 5. The van der Waals surface area contributed by atoms with Crippen molar-refractivity contribution < 1.29 is 19.4 Å². The third-order valence-corrected chi connectivity index (χ3v) is 9.25. The van der Waals surface area contributed by atoms with E-state index < -0.39 is 22.7 Å². The van der Waals surface area contributed by atoms with Crippen LogP contribution in [0.3, 0.4) is 0 Å². The van der Waals surface area contributed by atoms with Crippen LogP contribution in [0.2, 0.25) is 0 Å². The molecule has 5 rings (SSSR count). The lowest BCUT2D eigenvalue weighted by Gasteiger charge is -2.48. The molecule has 1 aromatic rings. The molecule has 4 aliphatic rings. The Morgan fingerprint density at radius 3 is 2.83 bits per heavy atom. The highest BCUT2D eigenvalue weighted by Crippen LogP contribution is 2.62. The number of carbonyl (C=O) groups is 1. The fourth-order valence-corrected chi connectivity index (χ4v) is 7.33. The van der Waals surface area contributed by atoms with Crippen molar-refractivity contribution >= 4 is 17.7 Å². The van der Waals surface area contributed by atoms with Crippen LogP contribution in [0.15, 0.2) is 41.5 Å². The molecule has 162 valence electrons. The summed E-state index contributed by atoms with van der Waals surface area (Å²) in [6.07, 6.45) is 3.42. The summed E-state index contributed by atoms with van der Waals surface area (Å²) in [4.78, 5) is 12.6. The molecule has 1 N–H and O–H groups in total. The molecule has 1 aromatic carbocycles. The molecular formula is C25H32O4S. The van der Waals surface area contributed by atoms with Gasteiger partial charge < -0.3 is 14.6 Å². The predicted molar refractivity (Wildman–Crippen MR) is 118 cm³/mol. The molecule has 4 nitrogen and oxygen atoms in total. The molecule has 2 aliphatic heterocycles. The van der Waals surface area contributed by atoms with Crippen LogP contribution in [-0.2, 0) is 14.3 Å². The molecule has 1 saturated carbocycles. The number of fused-ring (bicyclic) bond motifs is 4. The first kappa shape index (κ1) is 20.6. The van der Waals surface area contributed by atoms with Gasteiger partial charge in [0.25, 0.3) is 0 Å². The van der Waals surface area contributed by atoms with E-state index >= 15 is 0 Å². The number of aliphatic hydroxyl groups excluding tert-OH is 1. The quantitative estimate of drug-likeness (QED) is 0.520. The summed E-state index contributed by atoms with van der Waals surface area (Å²) in [5.41, 5.74) is 3.18. The highest BCUT2D eigenvalue weighted by molar-refractivity contribution is 8.00. The zero-order valence-corrected chi connectivity index (χ0v) is 18.9. The summed E-state index contributed by atoms with van der Waals surface area (Å²) >= 11 is 1.73. The monoisotopic (exact) mass is 428 g/mol. The molecule has 0 spiro atoms. The van der Waals surface area contributed by atoms with Gasteiger partial charge in [-0.3, -0.25) is 4.79 Å². The van der Waals surface area contributed by atoms with Gasteiger partial charge in [-0.15, -0.1) is 11.8 Å². The molecule has 30 heavy (non-hydrogen) atoms. The smallest absolute Gasteiger partial charge is 0.310 e. The Morgan fingerprint density at radius 1 is 1.33 bits per heavy atom. The topological polar surface area (TPSA) is 55.8 Å². The van der Waals surface area contributed by atoms with Gasteiger partial charge in [0, 0.05) is 12.3 Å². The van der Waals surface area contributed by atoms with Gasteiger partial charge in [0.2, 0.25) is 0 Å². The molecule has 2 heterocycles. The number of hydrogen-bond donors (Lipinski definition) is 1. The number of aliphatic hydroxyl groups is 1. The summed E-state index contributed by atoms with van der Waals surface area (Å²) in [5.74, 6) is 1.14. The van der Waals surface area contributed by atoms with Gasteiger partial charge in [-0.1, -0.05) is 42.8 Å². The lowest BCUT2D eigenvalue weighted by molar-refractivity contribution is -0.184. The molecule has 0 aromatic heterocycles. The molecule has 7 atom stereocenters. The SMILES string of the molecule is CCCSC12CC(O)C(C)(O1)C1CCC(C)=C1C2OC(=O)C1CC1c1ccccc1. The number of esters is 1. The van der Waals surface area contributed by atoms with Crippen molar-refractivity contribution in [2.24, 2.45) is 11.8 Å². The summed E-state index contributed by atoms with van der Waals surface area (Å²) < 4.78 is 13.0. The van der Waals surface area contributed by atoms with Crippen LogP contribution >= 0.6 is 11.8 Å². The second-order valence-corrected chi connectivity index (χ2v) is 11.1. The van der Waals surface area contributed by atoms with E-state index in [0.29, 0.717) is 6.42 Å². The molecule has 0 amide bonds. The average molecular weight is 429 g/mol. The highest BCUT2D eigenvalue weighted by Gasteiger charge is 2.68. The maximum absolute atomic E-state index is 13.2. The van der Waals surface area contributed by atoms with E-state index in [0.717, 1.165) is 31.4 Å². The Balaban J connectivity index is 1.43. The Bertz CT molecular complexity index is 867. The number of allylic oxidation sites excluding steroid dienone is 1. The van der Waals surface area contributed by atoms with Gasteiger partial charge in [-0.25, -0.2) is 0 Å². The van der Waals surface area contributed by atoms with Crippen molar-refractivity contribution in [3.8, 4) is 0 Å². The van der Waals surface area contributed by atoms with E-state index in [9.17, 15) is 9.90 Å². The predicted octanol–water partition coefficient (Wildman–Crippen LogP) is 4.82. The van der Waals surface area contributed by atoms with E-state index in [4.69, 9.17) is 9.47 Å². The van der Waals surface area contributed by atoms with Gasteiger partial charge in [0.05, 0.1) is 12.0 Å². The Labute approximate surface area is 183 Å². The van der Waals surface area contributed by atoms with Crippen LogP contribution in [-0.4, -0.2) is 39.6 Å². The summed E-state index contributed by atoms with van der Waals surface area (Å²) in [5, 5.41) is 11.0. The number of rotatable bonds is 6. The Kier molecular flexibility index (Phi) is 5.07. The Hall–Kier alpha value is -1.30. The van der Waals surface area contributed by atoms with E-state index in [2.05, 4.69) is 32.9 Å². The van der Waals surface area contributed by atoms with Crippen LogP contribution in [0.25, 0.3) is 0 Å². The second-order valence-electron chi connectivity index (χ2n) is 9.67. The summed E-state index contributed by atoms with van der Waals surface area (Å²) in [6, 6.07) is 10.3. The number of carbonyl (C=O) groups excluding carboxylic acids is 1. The van der Waals surface area contributed by atoms with Gasteiger partial charge >= 0.3 is 5.97 Å². The molecule has 2 aliphatic carbocycles. The molecular weight excluding hydrogens is 396 g/mol. The van der Waals surface area contributed by atoms with Crippen molar-refractivity contribution in [3.63, 3.8) is 0 Å². The van der Waals surface area contributed by atoms with E-state index in [1.165, 1.54) is 16.7 Å². The normalized spacial score (nSPS) is 41.7. The minimum Gasteiger partial charge on any atom is -0.454 e. The van der Waals surface area contributed by atoms with Crippen LogP contribution < -0.4 is 0 Å². The maximum atomic E-state index is 13.2. The first-order valence-electron chi connectivity index (χ1n) is 11.4. The van der Waals surface area contributed by atoms with Gasteiger partial charge in [-0.2, -0.15) is 0 Å². The largest absolute Gasteiger partial charge is 0.454 e. The highest BCUT2D eigenvalue weighted by atomic mass is 32.2. The van der Waals surface area contributed by atoms with Crippen LogP contribution in [0, 0.1) is 11.8 Å². The summed E-state index contributed by atoms with van der Waals surface area (Å²) in [7, 11) is 0. The number of thioether (sulfide) groups is 1. The Morgan fingerprint density at radius 2 is 2.10 bits per heavy atom. The molecule has 2 bridgehead atoms. The van der Waals surface area contributed by atoms with E-state index in [1.807, 2.05) is 18.2 Å². The van der Waals surface area contributed by atoms with E-state index in [-0.39, 0.29) is 23.7 Å². The standard InChI is InChI=1S/C25H32O4S/c1-4-12-30-25-14-20(26)24(3,29-25)19-11-10-15(2)21(19)22(25)28-23(27)18-13-17(18)16-8-6-5-7-9-16/h5-9,17-20,22,26H,4,10-14H2,1-3H3. The number of benzene rings is 1. The van der Waals surface area contributed by atoms with Crippen LogP contribution in [0.5, 0.6) is 0 Å². The van der Waals surface area contributed by atoms with Crippen LogP contribution in [0.4, 0.5) is 0 Å². The summed E-state index contributed by atoms with van der Waals surface area (Å²) in [6.45, 7) is 6.37. The molecule has 5 heteroatoms. The molecule has 2 saturated heterocycles. The van der Waals surface area contributed by atoms with Gasteiger partial charge in [-0.05, 0) is 62.3 Å². The first-order chi connectivity index (χ1) is 14.4. The van der Waals surface area contributed by atoms with E-state index in [1.54, 1.807) is 11.8 Å². The minimum absolute atomic E-state index is 0.0685. The third kappa shape index (κ3) is 3.08. The zero-order chi connectivity index (χ0) is 21.1. The molecule has 7 unspecified atom stereocenters. The van der Waals surface area contributed by atoms with Crippen molar-refractivity contribution in [2.45, 2.75) is 81.5 Å². The average Bonchev–Trinajstić information content (AvgIpc) is 3.39. The fraction of sp³-hybridized carbons (Fsp3) is 0.640. The maximum Gasteiger partial charge on any atom is 0.310 e. The van der Waals surface area contributed by atoms with Crippen molar-refractivity contribution in [3.05, 3.63) is 47.0 Å². The molecule has 0 radical (unpaired) electrons. The van der Waals surface area contributed by atoms with Crippen molar-refractivity contribution in [2.75, 3.05) is 5.75 Å². The third-order valence-electron chi connectivity index (χ3n) is 7.69. The van der Waals surface area contributed by atoms with Gasteiger partial charge in [0.15, 0.2) is 11.0 Å². The molecule has 3 fully saturated rings. The van der Waals surface area contributed by atoms with Crippen LogP contribution in [0.1, 0.15) is 64.4 Å². The van der Waals surface area contributed by atoms with Gasteiger partial charge in [0.1, 0.15) is 5.60 Å².